The van der Waals surface area contributed by atoms with Crippen molar-refractivity contribution in [3.8, 4) is 0 Å². The number of nitrogens with zero attached hydrogens (tertiary/aromatic N) is 2. The van der Waals surface area contributed by atoms with Crippen LogP contribution >= 0.6 is 11.6 Å². The first-order chi connectivity index (χ1) is 7.49. The van der Waals surface area contributed by atoms with Gasteiger partial charge in [-0.25, -0.2) is 0 Å². The van der Waals surface area contributed by atoms with Gasteiger partial charge in [0.1, 0.15) is 0 Å². The zero-order valence-corrected chi connectivity index (χ0v) is 10.3. The van der Waals surface area contributed by atoms with Gasteiger partial charge in [-0.15, -0.1) is 0 Å². The number of aromatic nitrogens is 2. The first-order valence-electron chi connectivity index (χ1n) is 5.10. The predicted molar refractivity (Wildman–Crippen MR) is 64.3 cm³/mol. The lowest BCUT2D eigenvalue weighted by Gasteiger charge is -2.05. The molecule has 1 heterocycles. The molecule has 0 aliphatic carbocycles. The number of amides is 1. The molecule has 0 radical (unpaired) electrons. The number of nitrogens with one attached hydrogen (secondary N) is 1. The smallest absolute Gasteiger partial charge is 0.222 e. The average molecular weight is 242 g/mol. The van der Waals surface area contributed by atoms with Crippen LogP contribution in [0.4, 0.5) is 0 Å². The van der Waals surface area contributed by atoms with E-state index in [-0.39, 0.29) is 5.91 Å². The molecular formula is C11H16ClN3O. The summed E-state index contributed by atoms with van der Waals surface area (Å²) in [6.45, 7) is 8.30. The van der Waals surface area contributed by atoms with Gasteiger partial charge >= 0.3 is 0 Å². The molecule has 0 aliphatic heterocycles. The summed E-state index contributed by atoms with van der Waals surface area (Å²) in [5.41, 5.74) is 2.03. The van der Waals surface area contributed by atoms with E-state index in [9.17, 15) is 4.79 Å². The fourth-order valence-corrected chi connectivity index (χ4v) is 1.46. The molecule has 0 saturated heterocycles. The van der Waals surface area contributed by atoms with Gasteiger partial charge in [-0.05, 0) is 19.9 Å². The molecule has 1 amide bonds. The van der Waals surface area contributed by atoms with Crippen LogP contribution in [0.2, 0.25) is 0 Å². The van der Waals surface area contributed by atoms with E-state index in [0.29, 0.717) is 24.5 Å². The third-order valence-electron chi connectivity index (χ3n) is 2.13. The Hall–Kier alpha value is -1.29. The minimum Gasteiger partial charge on any atom is -0.351 e. The molecule has 16 heavy (non-hydrogen) atoms. The molecule has 1 rings (SSSR count). The van der Waals surface area contributed by atoms with Crippen LogP contribution in [0.25, 0.3) is 0 Å². The number of aryl methyl sites for hydroxylation is 3. The monoisotopic (exact) mass is 241 g/mol. The summed E-state index contributed by atoms with van der Waals surface area (Å²) in [5, 5.41) is 7.37. The van der Waals surface area contributed by atoms with Crippen molar-refractivity contribution in [3.05, 3.63) is 29.1 Å². The van der Waals surface area contributed by atoms with Crippen molar-refractivity contribution in [1.82, 2.24) is 15.1 Å². The van der Waals surface area contributed by atoms with Gasteiger partial charge in [0, 0.05) is 23.7 Å². The highest BCUT2D eigenvalue weighted by molar-refractivity contribution is 6.29. The van der Waals surface area contributed by atoms with E-state index >= 15 is 0 Å². The summed E-state index contributed by atoms with van der Waals surface area (Å²) < 4.78 is 1.82. The van der Waals surface area contributed by atoms with Gasteiger partial charge in [-0.2, -0.15) is 5.10 Å². The predicted octanol–water partition coefficient (Wildman–Crippen LogP) is 1.76. The molecule has 0 atom stereocenters. The largest absolute Gasteiger partial charge is 0.351 e. The van der Waals surface area contributed by atoms with Crippen LogP contribution in [-0.2, 0) is 11.3 Å². The Morgan fingerprint density at radius 2 is 2.31 bits per heavy atom. The lowest BCUT2D eigenvalue weighted by atomic mass is 10.3. The Morgan fingerprint density at radius 1 is 1.62 bits per heavy atom. The SMILES string of the molecule is C=C(Cl)CNC(=O)CCn1nc(C)cc1C. The lowest BCUT2D eigenvalue weighted by Crippen LogP contribution is -2.25. The Morgan fingerprint density at radius 3 is 2.81 bits per heavy atom. The highest BCUT2D eigenvalue weighted by Gasteiger charge is 2.04. The molecule has 4 nitrogen and oxygen atoms in total. The molecule has 1 N–H and O–H groups in total. The minimum absolute atomic E-state index is 0.0469. The van der Waals surface area contributed by atoms with Gasteiger partial charge in [0.15, 0.2) is 0 Å². The minimum atomic E-state index is -0.0469. The van der Waals surface area contributed by atoms with Crippen molar-refractivity contribution in [2.75, 3.05) is 6.54 Å². The van der Waals surface area contributed by atoms with E-state index in [1.807, 2.05) is 24.6 Å². The van der Waals surface area contributed by atoms with E-state index in [0.717, 1.165) is 11.4 Å². The highest BCUT2D eigenvalue weighted by Crippen LogP contribution is 2.02. The molecule has 5 heteroatoms. The molecule has 0 bridgehead atoms. The second-order valence-electron chi connectivity index (χ2n) is 3.69. The number of carbonyl (C=O) groups is 1. The maximum Gasteiger partial charge on any atom is 0.222 e. The van der Waals surface area contributed by atoms with Crippen LogP contribution in [0.1, 0.15) is 17.8 Å². The number of hydrogen-bond donors (Lipinski definition) is 1. The molecular weight excluding hydrogens is 226 g/mol. The lowest BCUT2D eigenvalue weighted by molar-refractivity contribution is -0.121. The van der Waals surface area contributed by atoms with Crippen molar-refractivity contribution < 1.29 is 4.79 Å². The summed E-state index contributed by atoms with van der Waals surface area (Å²) >= 11 is 5.54. The quantitative estimate of drug-likeness (QED) is 0.854. The molecule has 0 aromatic carbocycles. The van der Waals surface area contributed by atoms with Gasteiger partial charge < -0.3 is 5.32 Å². The summed E-state index contributed by atoms with van der Waals surface area (Å²) in [4.78, 5) is 11.4. The van der Waals surface area contributed by atoms with E-state index in [2.05, 4.69) is 17.0 Å². The molecule has 1 aromatic rings. The van der Waals surface area contributed by atoms with E-state index in [1.165, 1.54) is 0 Å². The van der Waals surface area contributed by atoms with Gasteiger partial charge in [0.2, 0.25) is 5.91 Å². The first-order valence-corrected chi connectivity index (χ1v) is 5.48. The van der Waals surface area contributed by atoms with Gasteiger partial charge in [0.05, 0.1) is 12.2 Å². The highest BCUT2D eigenvalue weighted by atomic mass is 35.5. The number of carbonyl (C=O) groups excluding carboxylic acids is 1. The second kappa shape index (κ2) is 5.70. The summed E-state index contributed by atoms with van der Waals surface area (Å²) in [6, 6.07) is 1.98. The maximum absolute atomic E-state index is 11.4. The van der Waals surface area contributed by atoms with Crippen molar-refractivity contribution in [2.45, 2.75) is 26.8 Å². The molecule has 0 unspecified atom stereocenters. The average Bonchev–Trinajstić information content (AvgIpc) is 2.51. The van der Waals surface area contributed by atoms with E-state index < -0.39 is 0 Å². The third kappa shape index (κ3) is 4.06. The normalized spacial score (nSPS) is 10.2. The fraction of sp³-hybridized carbons (Fsp3) is 0.455. The number of halogens is 1. The van der Waals surface area contributed by atoms with Crippen molar-refractivity contribution >= 4 is 17.5 Å². The molecule has 1 aromatic heterocycles. The molecule has 0 saturated carbocycles. The topological polar surface area (TPSA) is 46.9 Å². The van der Waals surface area contributed by atoms with Gasteiger partial charge in [-0.1, -0.05) is 18.2 Å². The Balaban J connectivity index is 2.37. The Labute approximate surface area is 100 Å². The second-order valence-corrected chi connectivity index (χ2v) is 4.23. The van der Waals surface area contributed by atoms with E-state index in [4.69, 9.17) is 11.6 Å². The number of hydrogen-bond acceptors (Lipinski definition) is 2. The zero-order chi connectivity index (χ0) is 12.1. The van der Waals surface area contributed by atoms with Gasteiger partial charge in [-0.3, -0.25) is 9.48 Å². The van der Waals surface area contributed by atoms with Crippen LogP contribution in [0.3, 0.4) is 0 Å². The fourth-order valence-electron chi connectivity index (χ4n) is 1.39. The summed E-state index contributed by atoms with van der Waals surface area (Å²) in [5.74, 6) is -0.0469. The van der Waals surface area contributed by atoms with Crippen LogP contribution in [0.5, 0.6) is 0 Å². The van der Waals surface area contributed by atoms with Crippen molar-refractivity contribution in [1.29, 1.82) is 0 Å². The van der Waals surface area contributed by atoms with E-state index in [1.54, 1.807) is 0 Å². The molecule has 0 spiro atoms. The Bertz CT molecular complexity index is 398. The standard InChI is InChI=1S/C11H16ClN3O/c1-8(12)7-13-11(16)4-5-15-10(3)6-9(2)14-15/h6H,1,4-5,7H2,2-3H3,(H,13,16). The third-order valence-corrected chi connectivity index (χ3v) is 2.27. The van der Waals surface area contributed by atoms with Crippen LogP contribution < -0.4 is 5.32 Å². The van der Waals surface area contributed by atoms with Crippen LogP contribution in [-0.4, -0.2) is 22.2 Å². The number of rotatable bonds is 5. The van der Waals surface area contributed by atoms with Crippen molar-refractivity contribution in [2.24, 2.45) is 0 Å². The zero-order valence-electron chi connectivity index (χ0n) is 9.59. The van der Waals surface area contributed by atoms with Crippen molar-refractivity contribution in [3.63, 3.8) is 0 Å². The Kier molecular flexibility index (Phi) is 4.55. The summed E-state index contributed by atoms with van der Waals surface area (Å²) in [6.07, 6.45) is 0.395. The molecule has 0 fully saturated rings. The first kappa shape index (κ1) is 12.8. The van der Waals surface area contributed by atoms with Crippen LogP contribution in [0, 0.1) is 13.8 Å². The summed E-state index contributed by atoms with van der Waals surface area (Å²) in [7, 11) is 0. The van der Waals surface area contributed by atoms with Crippen LogP contribution in [0.15, 0.2) is 17.7 Å². The van der Waals surface area contributed by atoms with Gasteiger partial charge in [0.25, 0.3) is 0 Å². The maximum atomic E-state index is 11.4. The molecule has 88 valence electrons. The molecule has 0 aliphatic rings.